The van der Waals surface area contributed by atoms with Crippen molar-refractivity contribution in [3.63, 3.8) is 0 Å². The number of H-pyrrole nitrogens is 1. The Kier molecular flexibility index (Phi) is 5.67. The van der Waals surface area contributed by atoms with E-state index >= 15 is 0 Å². The Balaban J connectivity index is 1.42. The van der Waals surface area contributed by atoms with E-state index in [0.717, 1.165) is 21.6 Å². The Morgan fingerprint density at radius 1 is 1.13 bits per heavy atom. The zero-order valence-electron chi connectivity index (χ0n) is 16.5. The van der Waals surface area contributed by atoms with Gasteiger partial charge in [-0.1, -0.05) is 47.5 Å². The summed E-state index contributed by atoms with van der Waals surface area (Å²) < 4.78 is 0. The Labute approximate surface area is 178 Å². The minimum Gasteiger partial charge on any atom is -0.368 e. The van der Waals surface area contributed by atoms with Crippen molar-refractivity contribution in [2.75, 3.05) is 31.1 Å². The molecule has 0 aliphatic carbocycles. The summed E-state index contributed by atoms with van der Waals surface area (Å²) in [5, 5.41) is 11.2. The molecule has 0 spiro atoms. The lowest BCUT2D eigenvalue weighted by Gasteiger charge is -2.35. The molecule has 30 heavy (non-hydrogen) atoms. The summed E-state index contributed by atoms with van der Waals surface area (Å²) >= 11 is 6.06. The number of anilines is 1. The molecule has 0 radical (unpaired) electrons. The summed E-state index contributed by atoms with van der Waals surface area (Å²) in [5.41, 5.74) is 2.26. The van der Waals surface area contributed by atoms with Crippen LogP contribution in [0.3, 0.4) is 0 Å². The standard InChI is InChI=1S/C21H21ClN6O2/c1-15-5-7-16(8-6-15)14-23-28-21(30)19(24-25-28)20(29)27-11-9-26(10-12-27)18-4-2-3-17(22)13-18/h2-8,13-14,25H,9-12H2,1H3. The smallest absolute Gasteiger partial charge is 0.320 e. The first kappa shape index (κ1) is 19.9. The van der Waals surface area contributed by atoms with Crippen molar-refractivity contribution in [1.29, 1.82) is 0 Å². The number of carbonyl (C=O) groups is 1. The van der Waals surface area contributed by atoms with Crippen molar-refractivity contribution in [2.45, 2.75) is 6.92 Å². The minimum absolute atomic E-state index is 0.160. The van der Waals surface area contributed by atoms with Crippen LogP contribution < -0.4 is 10.5 Å². The molecule has 2 heterocycles. The van der Waals surface area contributed by atoms with E-state index in [1.54, 1.807) is 4.90 Å². The van der Waals surface area contributed by atoms with Gasteiger partial charge in [0.1, 0.15) is 0 Å². The summed E-state index contributed by atoms with van der Waals surface area (Å²) in [5.74, 6) is -0.397. The molecular weight excluding hydrogens is 404 g/mol. The zero-order chi connectivity index (χ0) is 21.1. The van der Waals surface area contributed by atoms with E-state index < -0.39 is 11.5 Å². The molecule has 0 saturated carbocycles. The predicted octanol–water partition coefficient (Wildman–Crippen LogP) is 2.38. The van der Waals surface area contributed by atoms with Crippen LogP contribution in [0.15, 0.2) is 58.4 Å². The quantitative estimate of drug-likeness (QED) is 0.651. The largest absolute Gasteiger partial charge is 0.368 e. The first-order chi connectivity index (χ1) is 14.5. The van der Waals surface area contributed by atoms with Gasteiger partial charge in [0, 0.05) is 36.9 Å². The average Bonchev–Trinajstić information content (AvgIpc) is 3.13. The van der Waals surface area contributed by atoms with Gasteiger partial charge in [0.05, 0.1) is 6.21 Å². The number of piperazine rings is 1. The van der Waals surface area contributed by atoms with Gasteiger partial charge in [-0.15, -0.1) is 9.89 Å². The zero-order valence-corrected chi connectivity index (χ0v) is 17.2. The van der Waals surface area contributed by atoms with Crippen LogP contribution in [0.1, 0.15) is 21.6 Å². The maximum atomic E-state index is 12.8. The molecule has 3 aromatic rings. The number of nitrogens with zero attached hydrogens (tertiary/aromatic N) is 5. The third-order valence-electron chi connectivity index (χ3n) is 4.99. The number of carbonyl (C=O) groups excluding carboxylic acids is 1. The van der Waals surface area contributed by atoms with Crippen molar-refractivity contribution in [3.8, 4) is 0 Å². The van der Waals surface area contributed by atoms with Crippen LogP contribution in [-0.4, -0.2) is 58.3 Å². The molecule has 0 bridgehead atoms. The van der Waals surface area contributed by atoms with Crippen LogP contribution in [0.4, 0.5) is 5.69 Å². The highest BCUT2D eigenvalue weighted by Gasteiger charge is 2.26. The number of amides is 1. The van der Waals surface area contributed by atoms with Crippen LogP contribution in [0, 0.1) is 6.92 Å². The third kappa shape index (κ3) is 4.28. The minimum atomic E-state index is -0.569. The molecule has 1 N–H and O–H groups in total. The topological polar surface area (TPSA) is 86.6 Å². The van der Waals surface area contributed by atoms with Crippen LogP contribution in [0.25, 0.3) is 0 Å². The number of aromatic amines is 1. The SMILES string of the molecule is Cc1ccc(C=Nn2[nH]nc(C(=O)N3CCN(c4cccc(Cl)c4)CC3)c2=O)cc1. The van der Waals surface area contributed by atoms with Crippen LogP contribution in [0.5, 0.6) is 0 Å². The molecule has 1 amide bonds. The van der Waals surface area contributed by atoms with Gasteiger partial charge >= 0.3 is 5.56 Å². The first-order valence-electron chi connectivity index (χ1n) is 9.59. The summed E-state index contributed by atoms with van der Waals surface area (Å²) in [6, 6.07) is 15.3. The summed E-state index contributed by atoms with van der Waals surface area (Å²) in [7, 11) is 0. The highest BCUT2D eigenvalue weighted by atomic mass is 35.5. The van der Waals surface area contributed by atoms with Gasteiger partial charge in [-0.05, 0) is 30.7 Å². The van der Waals surface area contributed by atoms with Crippen LogP contribution >= 0.6 is 11.6 Å². The number of aryl methyl sites for hydroxylation is 1. The molecule has 0 atom stereocenters. The third-order valence-corrected chi connectivity index (χ3v) is 5.23. The second-order valence-corrected chi connectivity index (χ2v) is 7.53. The lowest BCUT2D eigenvalue weighted by Crippen LogP contribution is -2.49. The van der Waals surface area contributed by atoms with Crippen molar-refractivity contribution in [2.24, 2.45) is 5.10 Å². The van der Waals surface area contributed by atoms with Crippen molar-refractivity contribution >= 4 is 29.4 Å². The average molecular weight is 425 g/mol. The van der Waals surface area contributed by atoms with Gasteiger partial charge in [-0.25, -0.2) is 0 Å². The van der Waals surface area contributed by atoms with Gasteiger partial charge in [0.25, 0.3) is 5.91 Å². The van der Waals surface area contributed by atoms with Gasteiger partial charge in [-0.2, -0.15) is 10.3 Å². The fraction of sp³-hybridized carbons (Fsp3) is 0.238. The normalized spacial score (nSPS) is 14.5. The molecule has 9 heteroatoms. The van der Waals surface area contributed by atoms with Crippen molar-refractivity contribution < 1.29 is 4.79 Å². The van der Waals surface area contributed by atoms with E-state index in [1.165, 1.54) is 6.21 Å². The molecule has 1 aromatic heterocycles. The second-order valence-electron chi connectivity index (χ2n) is 7.09. The Morgan fingerprint density at radius 2 is 1.87 bits per heavy atom. The molecule has 154 valence electrons. The summed E-state index contributed by atoms with van der Waals surface area (Å²) in [6.07, 6.45) is 1.54. The number of nitrogens with one attached hydrogen (secondary N) is 1. The molecule has 1 fully saturated rings. The fourth-order valence-electron chi connectivity index (χ4n) is 3.28. The highest BCUT2D eigenvalue weighted by molar-refractivity contribution is 6.30. The molecular formula is C21H21ClN6O2. The highest BCUT2D eigenvalue weighted by Crippen LogP contribution is 2.21. The van der Waals surface area contributed by atoms with E-state index in [2.05, 4.69) is 20.3 Å². The molecule has 1 aliphatic rings. The number of aromatic nitrogens is 3. The number of halogens is 1. The van der Waals surface area contributed by atoms with E-state index in [1.807, 2.05) is 55.5 Å². The van der Waals surface area contributed by atoms with Gasteiger partial charge in [0.2, 0.25) is 5.69 Å². The molecule has 2 aromatic carbocycles. The Morgan fingerprint density at radius 3 is 2.57 bits per heavy atom. The lowest BCUT2D eigenvalue weighted by molar-refractivity contribution is 0.0739. The number of benzene rings is 2. The lowest BCUT2D eigenvalue weighted by atomic mass is 10.2. The number of hydrogen-bond donors (Lipinski definition) is 1. The van der Waals surface area contributed by atoms with E-state index in [0.29, 0.717) is 31.2 Å². The monoisotopic (exact) mass is 424 g/mol. The maximum Gasteiger partial charge on any atom is 0.320 e. The summed E-state index contributed by atoms with van der Waals surface area (Å²) in [4.78, 5) is 30.1. The van der Waals surface area contributed by atoms with Crippen LogP contribution in [-0.2, 0) is 0 Å². The van der Waals surface area contributed by atoms with Gasteiger partial charge < -0.3 is 9.80 Å². The molecule has 8 nitrogen and oxygen atoms in total. The maximum absolute atomic E-state index is 12.8. The van der Waals surface area contributed by atoms with E-state index in [9.17, 15) is 9.59 Å². The van der Waals surface area contributed by atoms with Crippen molar-refractivity contribution in [1.82, 2.24) is 20.0 Å². The summed E-state index contributed by atoms with van der Waals surface area (Å²) in [6.45, 7) is 4.27. The van der Waals surface area contributed by atoms with Gasteiger partial charge in [-0.3, -0.25) is 9.59 Å². The molecule has 1 saturated heterocycles. The van der Waals surface area contributed by atoms with E-state index in [4.69, 9.17) is 11.6 Å². The Hall–Kier alpha value is -3.39. The first-order valence-corrected chi connectivity index (χ1v) is 9.97. The molecule has 1 aliphatic heterocycles. The molecule has 4 rings (SSSR count). The van der Waals surface area contributed by atoms with Gasteiger partial charge in [0.15, 0.2) is 0 Å². The number of hydrogen-bond acceptors (Lipinski definition) is 5. The predicted molar refractivity (Wildman–Crippen MR) is 117 cm³/mol. The van der Waals surface area contributed by atoms with Crippen LogP contribution in [0.2, 0.25) is 5.02 Å². The van der Waals surface area contributed by atoms with Crippen molar-refractivity contribution in [3.05, 3.63) is 80.7 Å². The Bertz CT molecular complexity index is 1130. The second kappa shape index (κ2) is 8.54. The number of rotatable bonds is 4. The molecule has 0 unspecified atom stereocenters. The fourth-order valence-corrected chi connectivity index (χ4v) is 3.46. The van der Waals surface area contributed by atoms with E-state index in [-0.39, 0.29) is 5.69 Å².